The highest BCUT2D eigenvalue weighted by molar-refractivity contribution is 6.24. The molecule has 204 valence electrons. The molecule has 1 saturated carbocycles. The van der Waals surface area contributed by atoms with Crippen LogP contribution in [0.15, 0.2) is 29.0 Å². The minimum atomic E-state index is -2.97. The van der Waals surface area contributed by atoms with Crippen LogP contribution in [0.5, 0.6) is 5.75 Å². The molecule has 1 fully saturated rings. The van der Waals surface area contributed by atoms with E-state index in [9.17, 15) is 44.7 Å². The second-order valence-electron chi connectivity index (χ2n) is 10.2. The van der Waals surface area contributed by atoms with Gasteiger partial charge in [0.25, 0.3) is 5.91 Å². The van der Waals surface area contributed by atoms with Crippen LogP contribution < -0.4 is 5.73 Å². The molecule has 1 aromatic rings. The van der Waals surface area contributed by atoms with Gasteiger partial charge in [0, 0.05) is 11.5 Å². The predicted molar refractivity (Wildman–Crippen MR) is 131 cm³/mol. The molecule has 7 N–H and O–H groups in total. The lowest BCUT2D eigenvalue weighted by atomic mass is 9.54. The fourth-order valence-corrected chi connectivity index (χ4v) is 6.26. The summed E-state index contributed by atoms with van der Waals surface area (Å²) in [6, 6.07) is 1.47. The molecular weight excluding hydrogens is 500 g/mol. The lowest BCUT2D eigenvalue weighted by Gasteiger charge is -2.55. The number of benzene rings is 1. The van der Waals surface area contributed by atoms with Gasteiger partial charge in [-0.05, 0) is 45.5 Å². The average Bonchev–Trinajstić information content (AvgIpc) is 2.80. The number of likely N-dealkylation sites (N-methyl/N-ethyl adjacent to an activating group) is 1. The normalized spacial score (nSPS) is 31.6. The van der Waals surface area contributed by atoms with Crippen molar-refractivity contribution in [3.05, 3.63) is 45.7 Å². The van der Waals surface area contributed by atoms with Crippen molar-refractivity contribution in [3.8, 4) is 5.75 Å². The molecule has 1 amide bonds. The van der Waals surface area contributed by atoms with Gasteiger partial charge in [-0.15, -0.1) is 0 Å². The van der Waals surface area contributed by atoms with Crippen molar-refractivity contribution in [2.75, 3.05) is 14.1 Å². The number of nitrogens with two attached hydrogens (primary N) is 1. The van der Waals surface area contributed by atoms with Crippen molar-refractivity contribution < 1.29 is 49.4 Å². The number of amides is 1. The highest BCUT2D eigenvalue weighted by Crippen LogP contribution is 2.57. The molecule has 3 aliphatic rings. The van der Waals surface area contributed by atoms with Crippen LogP contribution in [0, 0.1) is 11.8 Å². The third kappa shape index (κ3) is 3.52. The maximum atomic E-state index is 14.1. The summed E-state index contributed by atoms with van der Waals surface area (Å²) in [7, 11) is 2.91. The fraction of sp³-hybridized carbons (Fsp3) is 0.462. The Labute approximate surface area is 217 Å². The number of nitrogens with zero attached hydrogens (tertiary/aromatic N) is 1. The number of fused-ring (bicyclic) bond motifs is 3. The van der Waals surface area contributed by atoms with E-state index in [4.69, 9.17) is 10.5 Å². The van der Waals surface area contributed by atoms with E-state index in [1.807, 2.05) is 0 Å². The zero-order valence-electron chi connectivity index (χ0n) is 21.4. The SMILES string of the molecule is CC(=O)c1ccc2c(c1O)C(O)=C1C(=O)[C@]3(O)C(O)=C(C(N)=O)C(=O)C(N(C)C)[C@@H]3[C@@H](OC(C)O)[C@@H]1C2C. The van der Waals surface area contributed by atoms with Gasteiger partial charge in [0.05, 0.1) is 29.2 Å². The van der Waals surface area contributed by atoms with Crippen molar-refractivity contribution in [2.24, 2.45) is 17.6 Å². The maximum Gasteiger partial charge on any atom is 0.255 e. The second-order valence-corrected chi connectivity index (χ2v) is 10.2. The molecular formula is C26H30N2O10. The van der Waals surface area contributed by atoms with Gasteiger partial charge in [-0.2, -0.15) is 0 Å². The molecule has 12 heteroatoms. The molecule has 0 radical (unpaired) electrons. The molecule has 0 bridgehead atoms. The number of aliphatic hydroxyl groups is 4. The zero-order chi connectivity index (χ0) is 28.6. The average molecular weight is 531 g/mol. The van der Waals surface area contributed by atoms with Gasteiger partial charge in [-0.1, -0.05) is 13.0 Å². The van der Waals surface area contributed by atoms with Crippen molar-refractivity contribution in [1.29, 1.82) is 0 Å². The van der Waals surface area contributed by atoms with Crippen molar-refractivity contribution in [3.63, 3.8) is 0 Å². The number of carbonyl (C=O) groups excluding carboxylic acids is 4. The van der Waals surface area contributed by atoms with Gasteiger partial charge in [-0.3, -0.25) is 24.1 Å². The first kappa shape index (κ1) is 27.5. The summed E-state index contributed by atoms with van der Waals surface area (Å²) in [6.45, 7) is 4.13. The van der Waals surface area contributed by atoms with Crippen LogP contribution >= 0.6 is 0 Å². The van der Waals surface area contributed by atoms with Gasteiger partial charge in [-0.25, -0.2) is 0 Å². The minimum Gasteiger partial charge on any atom is -0.508 e. The third-order valence-electron chi connectivity index (χ3n) is 7.83. The number of primary amides is 1. The lowest BCUT2D eigenvalue weighted by Crippen LogP contribution is -2.71. The fourth-order valence-electron chi connectivity index (χ4n) is 6.26. The molecule has 3 aliphatic carbocycles. The number of hydrogen-bond acceptors (Lipinski definition) is 11. The lowest BCUT2D eigenvalue weighted by molar-refractivity contribution is -0.209. The smallest absolute Gasteiger partial charge is 0.255 e. The van der Waals surface area contributed by atoms with Gasteiger partial charge < -0.3 is 36.0 Å². The molecule has 38 heavy (non-hydrogen) atoms. The Hall–Kier alpha value is -3.58. The number of hydrogen-bond donors (Lipinski definition) is 6. The van der Waals surface area contributed by atoms with Crippen LogP contribution in [-0.4, -0.2) is 91.8 Å². The van der Waals surface area contributed by atoms with E-state index >= 15 is 0 Å². The minimum absolute atomic E-state index is 0.118. The Bertz CT molecular complexity index is 1340. The number of aliphatic hydroxyl groups excluding tert-OH is 3. The maximum absolute atomic E-state index is 14.1. The summed E-state index contributed by atoms with van der Waals surface area (Å²) in [5.74, 6) is -10.1. The molecule has 1 aromatic carbocycles. The molecule has 0 spiro atoms. The van der Waals surface area contributed by atoms with Crippen LogP contribution in [0.2, 0.25) is 0 Å². The number of phenols is 1. The molecule has 0 saturated heterocycles. The highest BCUT2D eigenvalue weighted by Gasteiger charge is 2.69. The van der Waals surface area contributed by atoms with Crippen molar-refractivity contribution >= 4 is 29.0 Å². The number of phenolic OH excluding ortho intramolecular Hbond substituents is 1. The van der Waals surface area contributed by atoms with Gasteiger partial charge >= 0.3 is 0 Å². The van der Waals surface area contributed by atoms with E-state index in [2.05, 4.69) is 0 Å². The van der Waals surface area contributed by atoms with Crippen molar-refractivity contribution in [2.45, 2.75) is 50.7 Å². The van der Waals surface area contributed by atoms with Crippen molar-refractivity contribution in [1.82, 2.24) is 4.90 Å². The molecule has 0 aromatic heterocycles. The largest absolute Gasteiger partial charge is 0.508 e. The van der Waals surface area contributed by atoms with Gasteiger partial charge in [0.2, 0.25) is 5.78 Å². The summed E-state index contributed by atoms with van der Waals surface area (Å²) in [6.07, 6.45) is -2.86. The first-order chi connectivity index (χ1) is 17.6. The molecule has 7 atom stereocenters. The summed E-state index contributed by atoms with van der Waals surface area (Å²) >= 11 is 0. The van der Waals surface area contributed by atoms with Crippen LogP contribution in [0.25, 0.3) is 5.76 Å². The molecule has 0 heterocycles. The van der Waals surface area contributed by atoms with E-state index in [1.165, 1.54) is 45.0 Å². The molecule has 0 aliphatic heterocycles. The summed E-state index contributed by atoms with van der Waals surface area (Å²) in [4.78, 5) is 53.0. The Balaban J connectivity index is 2.12. The van der Waals surface area contributed by atoms with Crippen LogP contribution in [-0.2, 0) is 19.1 Å². The van der Waals surface area contributed by atoms with E-state index in [-0.39, 0.29) is 11.1 Å². The van der Waals surface area contributed by atoms with E-state index in [0.717, 1.165) is 0 Å². The first-order valence-electron chi connectivity index (χ1n) is 11.9. The first-order valence-corrected chi connectivity index (χ1v) is 11.9. The Kier molecular flexibility index (Phi) is 6.51. The number of Topliss-reactive ketones (excluding diaryl/α,β-unsaturated/α-hetero) is 3. The van der Waals surface area contributed by atoms with Crippen LogP contribution in [0.1, 0.15) is 48.2 Å². The summed E-state index contributed by atoms with van der Waals surface area (Å²) in [5.41, 5.74) is 0.946. The number of carbonyl (C=O) groups is 4. The van der Waals surface area contributed by atoms with Gasteiger partial charge in [0.1, 0.15) is 22.8 Å². The van der Waals surface area contributed by atoms with Crippen LogP contribution in [0.3, 0.4) is 0 Å². The van der Waals surface area contributed by atoms with Crippen LogP contribution in [0.4, 0.5) is 0 Å². The number of ketones is 3. The number of aromatic hydroxyl groups is 1. The van der Waals surface area contributed by atoms with E-state index in [1.54, 1.807) is 6.92 Å². The summed E-state index contributed by atoms with van der Waals surface area (Å²) < 4.78 is 5.80. The number of rotatable bonds is 5. The Morgan fingerprint density at radius 3 is 2.26 bits per heavy atom. The highest BCUT2D eigenvalue weighted by atomic mass is 16.6. The predicted octanol–water partition coefficient (Wildman–Crippen LogP) is 0.0610. The molecule has 12 nitrogen and oxygen atoms in total. The van der Waals surface area contributed by atoms with Gasteiger partial charge in [0.15, 0.2) is 23.5 Å². The monoisotopic (exact) mass is 530 g/mol. The van der Waals surface area contributed by atoms with E-state index in [0.29, 0.717) is 5.56 Å². The Morgan fingerprint density at radius 1 is 1.16 bits per heavy atom. The topological polar surface area (TPSA) is 208 Å². The van der Waals surface area contributed by atoms with E-state index < -0.39 is 93.5 Å². The zero-order valence-corrected chi connectivity index (χ0v) is 21.4. The third-order valence-corrected chi connectivity index (χ3v) is 7.83. The second kappa shape index (κ2) is 9.02. The summed E-state index contributed by atoms with van der Waals surface area (Å²) in [5, 5.41) is 55.4. The Morgan fingerprint density at radius 2 is 1.76 bits per heavy atom. The standard InChI is InChI=1S/C26H30N2O10/c1-8-11-6-7-12(9(2)29)19(31)14(11)20(32)15-13(8)22(38-10(3)30)17-18(28(4)5)21(33)16(25(27)36)24(35)26(17,37)23(15)34/h6-8,10,13,17-18,22,30-32,35,37H,1-5H3,(H2,27,36)/t8?,10?,13-,17-,18?,22+,26+/m1/s1. The molecule has 4 rings (SSSR count). The molecule has 3 unspecified atom stereocenters. The quantitative estimate of drug-likeness (QED) is 0.170. The number of ether oxygens (including phenoxy) is 1.